The number of hydrogen-bond donors (Lipinski definition) is 3. The Kier molecular flexibility index (Phi) is 6.56. The molecule has 0 spiro atoms. The Balaban J connectivity index is 2.65. The number of benzene rings is 1. The third-order valence-electron chi connectivity index (χ3n) is 3.05. The molecule has 0 aromatic heterocycles. The van der Waals surface area contributed by atoms with Crippen molar-refractivity contribution in [2.45, 2.75) is 39.2 Å². The topological polar surface area (TPSA) is 105 Å². The van der Waals surface area contributed by atoms with Gasteiger partial charge in [0.05, 0.1) is 12.2 Å². The predicted octanol–water partition coefficient (Wildman–Crippen LogP) is 2.63. The summed E-state index contributed by atoms with van der Waals surface area (Å²) < 4.78 is 4.90. The van der Waals surface area contributed by atoms with Crippen molar-refractivity contribution in [1.29, 1.82) is 0 Å². The van der Waals surface area contributed by atoms with Crippen LogP contribution in [-0.4, -0.2) is 35.2 Å². The molecule has 7 heteroatoms. The zero-order valence-electron chi connectivity index (χ0n) is 13.5. The van der Waals surface area contributed by atoms with Gasteiger partial charge in [-0.05, 0) is 45.4 Å². The number of carbonyl (C=O) groups is 3. The number of carboxylic acids is 1. The number of hydrogen-bond acceptors (Lipinski definition) is 4. The second kappa shape index (κ2) is 8.17. The molecule has 2 amide bonds. The van der Waals surface area contributed by atoms with Crippen molar-refractivity contribution in [3.63, 3.8) is 0 Å². The van der Waals surface area contributed by atoms with Crippen LogP contribution in [0.1, 0.15) is 44.0 Å². The average Bonchev–Trinajstić information content (AvgIpc) is 2.45. The number of aliphatic carboxylic acids is 1. The van der Waals surface area contributed by atoms with E-state index in [0.717, 1.165) is 0 Å². The van der Waals surface area contributed by atoms with Crippen molar-refractivity contribution < 1.29 is 24.2 Å². The minimum Gasteiger partial charge on any atom is -0.481 e. The summed E-state index contributed by atoms with van der Waals surface area (Å²) in [6.07, 6.45) is 0.268. The fourth-order valence-corrected chi connectivity index (χ4v) is 1.89. The summed E-state index contributed by atoms with van der Waals surface area (Å²) >= 11 is 0. The van der Waals surface area contributed by atoms with Gasteiger partial charge in [0.15, 0.2) is 0 Å². The standard InChI is InChI=1S/C16H22N2O5/c1-4-23-14(21)11-6-5-7-12(10-11)17-15(22)18-16(2,3)9-8-13(19)20/h5-7,10H,4,8-9H2,1-3H3,(H,19,20)(H2,17,18,22). The Morgan fingerprint density at radius 2 is 1.96 bits per heavy atom. The Morgan fingerprint density at radius 3 is 2.57 bits per heavy atom. The molecule has 23 heavy (non-hydrogen) atoms. The lowest BCUT2D eigenvalue weighted by Crippen LogP contribution is -2.45. The third kappa shape index (κ3) is 6.82. The largest absolute Gasteiger partial charge is 0.481 e. The molecule has 0 saturated carbocycles. The molecular formula is C16H22N2O5. The van der Waals surface area contributed by atoms with Gasteiger partial charge in [-0.3, -0.25) is 4.79 Å². The molecule has 1 aromatic rings. The summed E-state index contributed by atoms with van der Waals surface area (Å²) in [5.74, 6) is -1.37. The zero-order valence-corrected chi connectivity index (χ0v) is 13.5. The molecule has 126 valence electrons. The highest BCUT2D eigenvalue weighted by Crippen LogP contribution is 2.14. The van der Waals surface area contributed by atoms with E-state index in [2.05, 4.69) is 10.6 Å². The van der Waals surface area contributed by atoms with E-state index in [1.165, 1.54) is 6.07 Å². The van der Waals surface area contributed by atoms with Crippen LogP contribution in [0.4, 0.5) is 10.5 Å². The van der Waals surface area contributed by atoms with Crippen LogP contribution in [0.2, 0.25) is 0 Å². The molecule has 7 nitrogen and oxygen atoms in total. The smallest absolute Gasteiger partial charge is 0.338 e. The Labute approximate surface area is 135 Å². The first-order chi connectivity index (χ1) is 10.7. The van der Waals surface area contributed by atoms with Gasteiger partial charge in [-0.2, -0.15) is 0 Å². The highest BCUT2D eigenvalue weighted by molar-refractivity contribution is 5.94. The van der Waals surface area contributed by atoms with E-state index >= 15 is 0 Å². The van der Waals surface area contributed by atoms with Gasteiger partial charge in [-0.1, -0.05) is 6.07 Å². The number of urea groups is 1. The van der Waals surface area contributed by atoms with E-state index < -0.39 is 23.5 Å². The second-order valence-electron chi connectivity index (χ2n) is 5.66. The van der Waals surface area contributed by atoms with Crippen LogP contribution in [0.5, 0.6) is 0 Å². The molecule has 3 N–H and O–H groups in total. The minimum atomic E-state index is -0.914. The van der Waals surface area contributed by atoms with Gasteiger partial charge in [0.25, 0.3) is 0 Å². The highest BCUT2D eigenvalue weighted by Gasteiger charge is 2.21. The molecule has 0 bridgehead atoms. The average molecular weight is 322 g/mol. The second-order valence-corrected chi connectivity index (χ2v) is 5.66. The predicted molar refractivity (Wildman–Crippen MR) is 85.5 cm³/mol. The SMILES string of the molecule is CCOC(=O)c1cccc(NC(=O)NC(C)(C)CCC(=O)O)c1. The van der Waals surface area contributed by atoms with E-state index in [9.17, 15) is 14.4 Å². The van der Waals surface area contributed by atoms with Gasteiger partial charge in [0, 0.05) is 17.6 Å². The quantitative estimate of drug-likeness (QED) is 0.669. The van der Waals surface area contributed by atoms with Gasteiger partial charge >= 0.3 is 18.0 Å². The molecule has 0 aliphatic rings. The van der Waals surface area contributed by atoms with Crippen molar-refractivity contribution in [3.05, 3.63) is 29.8 Å². The number of anilines is 1. The van der Waals surface area contributed by atoms with Gasteiger partial charge in [-0.25, -0.2) is 9.59 Å². The Bertz CT molecular complexity index is 584. The molecule has 0 atom stereocenters. The summed E-state index contributed by atoms with van der Waals surface area (Å²) in [6.45, 7) is 5.47. The molecule has 0 aliphatic heterocycles. The van der Waals surface area contributed by atoms with Crippen molar-refractivity contribution in [2.24, 2.45) is 0 Å². The summed E-state index contributed by atoms with van der Waals surface area (Å²) in [7, 11) is 0. The minimum absolute atomic E-state index is 0.0361. The number of esters is 1. The number of ether oxygens (including phenoxy) is 1. The summed E-state index contributed by atoms with van der Waals surface area (Å²) in [4.78, 5) is 34.3. The van der Waals surface area contributed by atoms with Gasteiger partial charge < -0.3 is 20.5 Å². The first kappa shape index (κ1) is 18.5. The van der Waals surface area contributed by atoms with Crippen LogP contribution in [0.3, 0.4) is 0 Å². The molecule has 1 rings (SSSR count). The fraction of sp³-hybridized carbons (Fsp3) is 0.438. The van der Waals surface area contributed by atoms with Crippen LogP contribution in [-0.2, 0) is 9.53 Å². The molecule has 0 radical (unpaired) electrons. The molecule has 1 aromatic carbocycles. The van der Waals surface area contributed by atoms with Crippen molar-refractivity contribution in [1.82, 2.24) is 5.32 Å². The number of carbonyl (C=O) groups excluding carboxylic acids is 2. The Morgan fingerprint density at radius 1 is 1.26 bits per heavy atom. The normalized spacial score (nSPS) is 10.7. The molecule has 0 aliphatic carbocycles. The molecule has 0 unspecified atom stereocenters. The van der Waals surface area contributed by atoms with Crippen LogP contribution in [0.15, 0.2) is 24.3 Å². The van der Waals surface area contributed by atoms with Crippen molar-refractivity contribution in [3.8, 4) is 0 Å². The molecule has 0 fully saturated rings. The third-order valence-corrected chi connectivity index (χ3v) is 3.05. The highest BCUT2D eigenvalue weighted by atomic mass is 16.5. The molecule has 0 saturated heterocycles. The molecular weight excluding hydrogens is 300 g/mol. The van der Waals surface area contributed by atoms with Crippen LogP contribution >= 0.6 is 0 Å². The zero-order chi connectivity index (χ0) is 17.5. The van der Waals surface area contributed by atoms with Crippen LogP contribution in [0.25, 0.3) is 0 Å². The lowest BCUT2D eigenvalue weighted by atomic mass is 9.99. The van der Waals surface area contributed by atoms with Crippen molar-refractivity contribution >= 4 is 23.7 Å². The summed E-state index contributed by atoms with van der Waals surface area (Å²) in [5, 5.41) is 14.0. The van der Waals surface area contributed by atoms with Crippen LogP contribution < -0.4 is 10.6 Å². The van der Waals surface area contributed by atoms with Crippen molar-refractivity contribution in [2.75, 3.05) is 11.9 Å². The first-order valence-electron chi connectivity index (χ1n) is 7.31. The van der Waals surface area contributed by atoms with E-state index in [4.69, 9.17) is 9.84 Å². The van der Waals surface area contributed by atoms with Gasteiger partial charge in [0.2, 0.25) is 0 Å². The number of amides is 2. The Hall–Kier alpha value is -2.57. The van der Waals surface area contributed by atoms with Gasteiger partial charge in [0.1, 0.15) is 0 Å². The number of carboxylic acid groups (broad SMARTS) is 1. The summed E-state index contributed by atoms with van der Waals surface area (Å²) in [6, 6.07) is 5.92. The fourth-order valence-electron chi connectivity index (χ4n) is 1.89. The van der Waals surface area contributed by atoms with E-state index in [0.29, 0.717) is 17.7 Å². The first-order valence-corrected chi connectivity index (χ1v) is 7.31. The molecule has 0 heterocycles. The lowest BCUT2D eigenvalue weighted by molar-refractivity contribution is -0.137. The maximum Gasteiger partial charge on any atom is 0.338 e. The van der Waals surface area contributed by atoms with Gasteiger partial charge in [-0.15, -0.1) is 0 Å². The number of nitrogens with one attached hydrogen (secondary N) is 2. The van der Waals surface area contributed by atoms with E-state index in [1.807, 2.05) is 0 Å². The summed E-state index contributed by atoms with van der Waals surface area (Å²) in [5.41, 5.74) is 0.123. The maximum absolute atomic E-state index is 12.0. The van der Waals surface area contributed by atoms with Crippen LogP contribution in [0, 0.1) is 0 Å². The van der Waals surface area contributed by atoms with E-state index in [-0.39, 0.29) is 13.0 Å². The monoisotopic (exact) mass is 322 g/mol. The maximum atomic E-state index is 12.0. The number of rotatable bonds is 7. The lowest BCUT2D eigenvalue weighted by Gasteiger charge is -2.25. The van der Waals surface area contributed by atoms with E-state index in [1.54, 1.807) is 39.0 Å².